The fourth-order valence-electron chi connectivity index (χ4n) is 1.42. The molecule has 0 spiro atoms. The van der Waals surface area contributed by atoms with Gasteiger partial charge in [0, 0.05) is 0 Å². The number of benzene rings is 1. The van der Waals surface area contributed by atoms with Crippen molar-refractivity contribution in [1.29, 1.82) is 0 Å². The van der Waals surface area contributed by atoms with Crippen molar-refractivity contribution in [3.05, 3.63) is 35.4 Å². The van der Waals surface area contributed by atoms with Crippen LogP contribution in [0.1, 0.15) is 24.0 Å². The summed E-state index contributed by atoms with van der Waals surface area (Å²) < 4.78 is 70.4. The molecule has 0 heterocycles. The molecule has 0 saturated carbocycles. The first-order chi connectivity index (χ1) is 7.59. The van der Waals surface area contributed by atoms with Crippen molar-refractivity contribution in [2.75, 3.05) is 5.75 Å². The molecule has 1 atom stereocenters. The van der Waals surface area contributed by atoms with Crippen molar-refractivity contribution in [3.8, 4) is 0 Å². The molecule has 1 aromatic carbocycles. The molecule has 1 unspecified atom stereocenters. The number of hydrogen-bond donors (Lipinski definition) is 0. The fourth-order valence-corrected chi connectivity index (χ4v) is 2.21. The van der Waals surface area contributed by atoms with Crippen LogP contribution in [-0.2, 0) is 16.4 Å². The highest BCUT2D eigenvalue weighted by Gasteiger charge is 2.31. The van der Waals surface area contributed by atoms with E-state index in [1.54, 1.807) is 0 Å². The van der Waals surface area contributed by atoms with Crippen LogP contribution in [-0.4, -0.2) is 14.2 Å². The van der Waals surface area contributed by atoms with E-state index in [0.29, 0.717) is 0 Å². The number of rotatable bonds is 3. The van der Waals surface area contributed by atoms with Crippen LogP contribution in [0.2, 0.25) is 0 Å². The van der Waals surface area contributed by atoms with Gasteiger partial charge in [-0.05, 0) is 17.5 Å². The molecule has 96 valence electrons. The van der Waals surface area contributed by atoms with E-state index in [2.05, 4.69) is 0 Å². The van der Waals surface area contributed by atoms with Gasteiger partial charge in [0.1, 0.15) is 0 Å². The van der Waals surface area contributed by atoms with Crippen molar-refractivity contribution in [3.63, 3.8) is 0 Å². The lowest BCUT2D eigenvalue weighted by atomic mass is 10.0. The molecule has 0 aliphatic heterocycles. The molecule has 0 aliphatic carbocycles. The van der Waals surface area contributed by atoms with Crippen LogP contribution in [0.15, 0.2) is 24.3 Å². The first-order valence-corrected chi connectivity index (χ1v) is 6.24. The molecule has 17 heavy (non-hydrogen) atoms. The first-order valence-electron chi connectivity index (χ1n) is 4.69. The third-order valence-corrected chi connectivity index (χ3v) is 3.13. The maximum Gasteiger partial charge on any atom is 0.416 e. The van der Waals surface area contributed by atoms with Gasteiger partial charge >= 0.3 is 16.4 Å². The van der Waals surface area contributed by atoms with E-state index in [9.17, 15) is 25.5 Å². The van der Waals surface area contributed by atoms with Crippen molar-refractivity contribution in [1.82, 2.24) is 0 Å². The summed E-state index contributed by atoms with van der Waals surface area (Å²) in [6.07, 6.45) is -4.50. The zero-order valence-corrected chi connectivity index (χ0v) is 9.65. The van der Waals surface area contributed by atoms with Crippen molar-refractivity contribution in [2.45, 2.75) is 19.0 Å². The molecule has 0 bridgehead atoms. The maximum absolute atomic E-state index is 12.4. The van der Waals surface area contributed by atoms with Crippen LogP contribution in [0.4, 0.5) is 17.1 Å². The normalized spacial score (nSPS) is 14.6. The van der Waals surface area contributed by atoms with Gasteiger partial charge in [-0.25, -0.2) is 0 Å². The van der Waals surface area contributed by atoms with Crippen LogP contribution in [0.3, 0.4) is 0 Å². The largest absolute Gasteiger partial charge is 0.416 e. The van der Waals surface area contributed by atoms with Crippen LogP contribution in [0.25, 0.3) is 0 Å². The molecule has 0 amide bonds. The SMILES string of the molecule is CC(CS(=O)(=O)F)c1cccc(C(F)(F)F)c1. The predicted octanol–water partition coefficient (Wildman–Crippen LogP) is 3.11. The van der Waals surface area contributed by atoms with Gasteiger partial charge in [-0.2, -0.15) is 21.6 Å². The summed E-state index contributed by atoms with van der Waals surface area (Å²) in [5, 5.41) is 0. The second kappa shape index (κ2) is 4.64. The summed E-state index contributed by atoms with van der Waals surface area (Å²) in [6.45, 7) is 1.35. The molecule has 0 saturated heterocycles. The van der Waals surface area contributed by atoms with Crippen LogP contribution in [0.5, 0.6) is 0 Å². The number of alkyl halides is 3. The first kappa shape index (κ1) is 14.0. The summed E-state index contributed by atoms with van der Waals surface area (Å²) in [6, 6.07) is 4.21. The minimum atomic E-state index is -4.70. The van der Waals surface area contributed by atoms with E-state index in [1.165, 1.54) is 19.1 Å². The summed E-state index contributed by atoms with van der Waals surface area (Å²) in [5.41, 5.74) is -0.737. The average Bonchev–Trinajstić information content (AvgIpc) is 2.14. The van der Waals surface area contributed by atoms with Gasteiger partial charge in [0.2, 0.25) is 0 Å². The van der Waals surface area contributed by atoms with Gasteiger partial charge in [-0.1, -0.05) is 25.1 Å². The van der Waals surface area contributed by atoms with Gasteiger partial charge < -0.3 is 0 Å². The second-order valence-corrected chi connectivity index (χ2v) is 5.14. The van der Waals surface area contributed by atoms with Gasteiger partial charge in [-0.15, -0.1) is 3.89 Å². The fraction of sp³-hybridized carbons (Fsp3) is 0.400. The smallest absolute Gasteiger partial charge is 0.195 e. The van der Waals surface area contributed by atoms with Gasteiger partial charge in [0.05, 0.1) is 11.3 Å². The van der Waals surface area contributed by atoms with E-state index < -0.39 is 33.6 Å². The molecule has 7 heteroatoms. The lowest BCUT2D eigenvalue weighted by Crippen LogP contribution is -2.10. The Morgan fingerprint density at radius 2 is 1.88 bits per heavy atom. The molecule has 0 aliphatic rings. The molecular weight excluding hydrogens is 260 g/mol. The van der Waals surface area contributed by atoms with Crippen LogP contribution >= 0.6 is 0 Å². The van der Waals surface area contributed by atoms with Crippen LogP contribution < -0.4 is 0 Å². The highest BCUT2D eigenvalue weighted by atomic mass is 32.3. The molecule has 1 rings (SSSR count). The molecule has 0 N–H and O–H groups in total. The second-order valence-electron chi connectivity index (χ2n) is 3.73. The van der Waals surface area contributed by atoms with Gasteiger partial charge in [0.15, 0.2) is 0 Å². The Labute approximate surface area is 96.5 Å². The van der Waals surface area contributed by atoms with Crippen molar-refractivity contribution < 1.29 is 25.5 Å². The Morgan fingerprint density at radius 1 is 1.29 bits per heavy atom. The Bertz CT molecular complexity index is 493. The van der Waals surface area contributed by atoms with E-state index >= 15 is 0 Å². The Hall–Kier alpha value is -1.11. The summed E-state index contributed by atoms with van der Waals surface area (Å²) in [7, 11) is -4.70. The maximum atomic E-state index is 12.4. The van der Waals surface area contributed by atoms with E-state index in [1.807, 2.05) is 0 Å². The molecule has 2 nitrogen and oxygen atoms in total. The van der Waals surface area contributed by atoms with E-state index in [-0.39, 0.29) is 5.56 Å². The van der Waals surface area contributed by atoms with Crippen molar-refractivity contribution in [2.24, 2.45) is 0 Å². The molecule has 0 radical (unpaired) electrons. The van der Waals surface area contributed by atoms with Gasteiger partial charge in [-0.3, -0.25) is 0 Å². The Morgan fingerprint density at radius 3 is 2.35 bits per heavy atom. The third-order valence-electron chi connectivity index (χ3n) is 2.23. The Balaban J connectivity index is 3.00. The highest BCUT2D eigenvalue weighted by Crippen LogP contribution is 2.31. The minimum absolute atomic E-state index is 0.140. The quantitative estimate of drug-likeness (QED) is 0.624. The van der Waals surface area contributed by atoms with Crippen LogP contribution in [0, 0.1) is 0 Å². The standard InChI is InChI=1S/C10H10F4O2S/c1-7(6-17(14,15)16)8-3-2-4-9(5-8)10(11,12)13/h2-5,7H,6H2,1H3. The van der Waals surface area contributed by atoms with Gasteiger partial charge in [0.25, 0.3) is 0 Å². The number of halogens is 4. The summed E-state index contributed by atoms with van der Waals surface area (Å²) >= 11 is 0. The lowest BCUT2D eigenvalue weighted by molar-refractivity contribution is -0.137. The van der Waals surface area contributed by atoms with Crippen molar-refractivity contribution >= 4 is 10.2 Å². The average molecular weight is 270 g/mol. The highest BCUT2D eigenvalue weighted by molar-refractivity contribution is 7.86. The molecule has 1 aromatic rings. The third kappa shape index (κ3) is 4.33. The zero-order chi connectivity index (χ0) is 13.3. The minimum Gasteiger partial charge on any atom is -0.195 e. The Kier molecular flexibility index (Phi) is 3.81. The molecule has 0 fully saturated rings. The van der Waals surface area contributed by atoms with E-state index in [0.717, 1.165) is 12.1 Å². The summed E-state index contributed by atoms with van der Waals surface area (Å²) in [5.74, 6) is -1.65. The molecule has 0 aromatic heterocycles. The van der Waals surface area contributed by atoms with E-state index in [4.69, 9.17) is 0 Å². The monoisotopic (exact) mass is 270 g/mol. The topological polar surface area (TPSA) is 34.1 Å². The molecular formula is C10H10F4O2S. The lowest BCUT2D eigenvalue weighted by Gasteiger charge is -2.12. The summed E-state index contributed by atoms with van der Waals surface area (Å²) in [4.78, 5) is 0. The number of hydrogen-bond acceptors (Lipinski definition) is 2. The zero-order valence-electron chi connectivity index (χ0n) is 8.83. The predicted molar refractivity (Wildman–Crippen MR) is 54.8 cm³/mol.